The normalized spacial score (nSPS) is 10.9. The topological polar surface area (TPSA) is 0 Å². The average molecular weight is 320 g/mol. The minimum Gasteiger partial charge on any atom is -0.157 e. The van der Waals surface area contributed by atoms with E-state index in [0.29, 0.717) is 0 Å². The van der Waals surface area contributed by atoms with Crippen LogP contribution in [0.15, 0.2) is 24.3 Å². The maximum Gasteiger partial charge on any atom is 0.0184 e. The van der Waals surface area contributed by atoms with Crippen LogP contribution in [0.4, 0.5) is 0 Å². The molecule has 0 aliphatic rings. The molecule has 78 valence electrons. The van der Waals surface area contributed by atoms with Gasteiger partial charge in [0, 0.05) is 9.32 Å². The van der Waals surface area contributed by atoms with Gasteiger partial charge in [0.05, 0.1) is 0 Å². The highest BCUT2D eigenvalue weighted by Gasteiger charge is 1.96. The number of thioether (sulfide) groups is 1. The Labute approximate surface area is 105 Å². The van der Waals surface area contributed by atoms with E-state index in [2.05, 4.69) is 60.7 Å². The first kappa shape index (κ1) is 12.4. The summed E-state index contributed by atoms with van der Waals surface area (Å²) in [5.74, 6) is 3.27. The summed E-state index contributed by atoms with van der Waals surface area (Å²) in [6, 6.07) is 8.81. The van der Waals surface area contributed by atoms with E-state index < -0.39 is 0 Å². The summed E-state index contributed by atoms with van der Waals surface area (Å²) in [7, 11) is 0. The molecule has 0 unspecified atom stereocenters. The van der Waals surface area contributed by atoms with Crippen LogP contribution in [0.2, 0.25) is 0 Å². The number of hydrogen-bond donors (Lipinski definition) is 0. The fourth-order valence-corrected chi connectivity index (χ4v) is 2.66. The van der Waals surface area contributed by atoms with Crippen LogP contribution in [0.1, 0.15) is 25.8 Å². The predicted octanol–water partition coefficient (Wildman–Crippen LogP) is 4.57. The second kappa shape index (κ2) is 6.72. The highest BCUT2D eigenvalue weighted by atomic mass is 127. The van der Waals surface area contributed by atoms with Crippen molar-refractivity contribution >= 4 is 34.4 Å². The van der Waals surface area contributed by atoms with Crippen LogP contribution in [0.25, 0.3) is 0 Å². The van der Waals surface area contributed by atoms with Crippen molar-refractivity contribution in [2.45, 2.75) is 26.0 Å². The lowest BCUT2D eigenvalue weighted by molar-refractivity contribution is 0.632. The van der Waals surface area contributed by atoms with Crippen LogP contribution < -0.4 is 0 Å². The molecule has 2 heteroatoms. The summed E-state index contributed by atoms with van der Waals surface area (Å²) in [6.45, 7) is 4.57. The van der Waals surface area contributed by atoms with Crippen molar-refractivity contribution < 1.29 is 0 Å². The van der Waals surface area contributed by atoms with E-state index in [1.807, 2.05) is 11.8 Å². The van der Waals surface area contributed by atoms with Gasteiger partial charge in [0.2, 0.25) is 0 Å². The Bertz CT molecular complexity index is 254. The maximum absolute atomic E-state index is 2.34. The monoisotopic (exact) mass is 320 g/mol. The Morgan fingerprint density at radius 2 is 1.86 bits per heavy atom. The number of hydrogen-bond acceptors (Lipinski definition) is 1. The van der Waals surface area contributed by atoms with Crippen LogP contribution in [-0.2, 0) is 5.75 Å². The minimum absolute atomic E-state index is 0.833. The largest absolute Gasteiger partial charge is 0.157 e. The number of halogens is 1. The fourth-order valence-electron chi connectivity index (χ4n) is 1.09. The van der Waals surface area contributed by atoms with Gasteiger partial charge in [0.25, 0.3) is 0 Å². The van der Waals surface area contributed by atoms with Gasteiger partial charge in [-0.15, -0.1) is 0 Å². The summed E-state index contributed by atoms with van der Waals surface area (Å²) in [5.41, 5.74) is 1.44. The van der Waals surface area contributed by atoms with Gasteiger partial charge >= 0.3 is 0 Å². The lowest BCUT2D eigenvalue weighted by Crippen LogP contribution is -1.90. The molecule has 14 heavy (non-hydrogen) atoms. The molecule has 0 atom stereocenters. The van der Waals surface area contributed by atoms with Crippen LogP contribution in [0.5, 0.6) is 0 Å². The lowest BCUT2D eigenvalue weighted by Gasteiger charge is -2.04. The van der Waals surface area contributed by atoms with Crippen molar-refractivity contribution in [2.24, 2.45) is 5.92 Å². The number of benzene rings is 1. The Hall–Kier alpha value is 0.300. The quantitative estimate of drug-likeness (QED) is 0.566. The molecule has 0 fully saturated rings. The smallest absolute Gasteiger partial charge is 0.0184 e. The first-order chi connectivity index (χ1) is 6.68. The first-order valence-electron chi connectivity index (χ1n) is 5.00. The molecule has 1 rings (SSSR count). The molecule has 0 nitrogen and oxygen atoms in total. The van der Waals surface area contributed by atoms with E-state index in [4.69, 9.17) is 0 Å². The second-order valence-corrected chi connectivity index (χ2v) is 6.21. The van der Waals surface area contributed by atoms with Crippen LogP contribution >= 0.6 is 34.4 Å². The summed E-state index contributed by atoms with van der Waals surface area (Å²) in [4.78, 5) is 0. The van der Waals surface area contributed by atoms with Gasteiger partial charge in [-0.2, -0.15) is 11.8 Å². The molecule has 0 saturated heterocycles. The van der Waals surface area contributed by atoms with E-state index in [0.717, 1.165) is 11.7 Å². The molecule has 0 bridgehead atoms. The standard InChI is InChI=1S/C12H17IS/c1-10(2)7-8-14-9-11-3-5-12(13)6-4-11/h3-6,10H,7-9H2,1-2H3. The molecule has 0 saturated carbocycles. The van der Waals surface area contributed by atoms with E-state index in [1.165, 1.54) is 21.3 Å². The van der Waals surface area contributed by atoms with Crippen molar-refractivity contribution in [3.63, 3.8) is 0 Å². The second-order valence-electron chi connectivity index (χ2n) is 3.86. The zero-order chi connectivity index (χ0) is 10.4. The van der Waals surface area contributed by atoms with Gasteiger partial charge < -0.3 is 0 Å². The molecular formula is C12H17IS. The van der Waals surface area contributed by atoms with E-state index in [9.17, 15) is 0 Å². The fraction of sp³-hybridized carbons (Fsp3) is 0.500. The van der Waals surface area contributed by atoms with Gasteiger partial charge in [-0.1, -0.05) is 26.0 Å². The Balaban J connectivity index is 2.21. The molecule has 0 heterocycles. The van der Waals surface area contributed by atoms with E-state index in [-0.39, 0.29) is 0 Å². The van der Waals surface area contributed by atoms with Gasteiger partial charge in [-0.25, -0.2) is 0 Å². The molecule has 0 aliphatic heterocycles. The summed E-state index contributed by atoms with van der Waals surface area (Å²) in [5, 5.41) is 0. The molecule has 0 aliphatic carbocycles. The van der Waals surface area contributed by atoms with Crippen LogP contribution in [0.3, 0.4) is 0 Å². The molecule has 1 aromatic carbocycles. The van der Waals surface area contributed by atoms with Crippen molar-refractivity contribution in [1.82, 2.24) is 0 Å². The predicted molar refractivity (Wildman–Crippen MR) is 74.8 cm³/mol. The van der Waals surface area contributed by atoms with Gasteiger partial charge in [0.1, 0.15) is 0 Å². The maximum atomic E-state index is 2.34. The average Bonchev–Trinajstić information content (AvgIpc) is 2.15. The molecule has 0 amide bonds. The van der Waals surface area contributed by atoms with E-state index in [1.54, 1.807) is 0 Å². The zero-order valence-corrected chi connectivity index (χ0v) is 11.8. The third-order valence-corrected chi connectivity index (χ3v) is 3.80. The third-order valence-electron chi connectivity index (χ3n) is 2.02. The van der Waals surface area contributed by atoms with Gasteiger partial charge in [-0.05, 0) is 58.4 Å². The summed E-state index contributed by atoms with van der Waals surface area (Å²) >= 11 is 4.38. The zero-order valence-electron chi connectivity index (χ0n) is 8.79. The van der Waals surface area contributed by atoms with Crippen molar-refractivity contribution in [1.29, 1.82) is 0 Å². The molecule has 0 spiro atoms. The van der Waals surface area contributed by atoms with Gasteiger partial charge in [-0.3, -0.25) is 0 Å². The molecule has 0 aromatic heterocycles. The lowest BCUT2D eigenvalue weighted by atomic mass is 10.2. The summed E-state index contributed by atoms with van der Waals surface area (Å²) in [6.07, 6.45) is 1.33. The molecule has 1 aromatic rings. The minimum atomic E-state index is 0.833. The Morgan fingerprint density at radius 1 is 1.21 bits per heavy atom. The van der Waals surface area contributed by atoms with Gasteiger partial charge in [0.15, 0.2) is 0 Å². The molecular weight excluding hydrogens is 303 g/mol. The van der Waals surface area contributed by atoms with Crippen LogP contribution in [-0.4, -0.2) is 5.75 Å². The van der Waals surface area contributed by atoms with Crippen LogP contribution in [0, 0.1) is 9.49 Å². The van der Waals surface area contributed by atoms with E-state index >= 15 is 0 Å². The van der Waals surface area contributed by atoms with Crippen molar-refractivity contribution in [2.75, 3.05) is 5.75 Å². The SMILES string of the molecule is CC(C)CCSCc1ccc(I)cc1. The third kappa shape index (κ3) is 5.25. The highest BCUT2D eigenvalue weighted by molar-refractivity contribution is 14.1. The number of rotatable bonds is 5. The summed E-state index contributed by atoms with van der Waals surface area (Å²) < 4.78 is 1.32. The highest BCUT2D eigenvalue weighted by Crippen LogP contribution is 2.16. The Morgan fingerprint density at radius 3 is 2.43 bits per heavy atom. The molecule has 0 N–H and O–H groups in total. The van der Waals surface area contributed by atoms with Crippen molar-refractivity contribution in [3.8, 4) is 0 Å². The Kier molecular flexibility index (Phi) is 5.94. The first-order valence-corrected chi connectivity index (χ1v) is 7.24. The molecule has 0 radical (unpaired) electrons. The van der Waals surface area contributed by atoms with Crippen molar-refractivity contribution in [3.05, 3.63) is 33.4 Å².